The van der Waals surface area contributed by atoms with Gasteiger partial charge in [0.1, 0.15) is 18.5 Å². The minimum Gasteiger partial charge on any atom is -0.493 e. The van der Waals surface area contributed by atoms with Crippen molar-refractivity contribution in [2.75, 3.05) is 33.4 Å². The Morgan fingerprint density at radius 3 is 2.64 bits per heavy atom. The highest BCUT2D eigenvalue weighted by molar-refractivity contribution is 5.43. The molecule has 2 aromatic rings. The van der Waals surface area contributed by atoms with Crippen molar-refractivity contribution >= 4 is 0 Å². The number of benzene rings is 2. The Hall–Kier alpha value is -2.15. The Balaban J connectivity index is 1.49. The maximum atomic E-state index is 13.7. The monoisotopic (exact) mass is 388 g/mol. The second-order valence-electron chi connectivity index (χ2n) is 7.15. The predicted molar refractivity (Wildman–Crippen MR) is 107 cm³/mol. The molecular weight excluding hydrogens is 359 g/mol. The second kappa shape index (κ2) is 10.4. The van der Waals surface area contributed by atoms with Gasteiger partial charge in [0.05, 0.1) is 7.11 Å². The van der Waals surface area contributed by atoms with Crippen LogP contribution in [0, 0.1) is 5.82 Å². The van der Waals surface area contributed by atoms with E-state index in [1.54, 1.807) is 19.2 Å². The van der Waals surface area contributed by atoms with E-state index in [4.69, 9.17) is 9.47 Å². The van der Waals surface area contributed by atoms with Crippen LogP contribution in [0.3, 0.4) is 0 Å². The smallest absolute Gasteiger partial charge is 0.161 e. The van der Waals surface area contributed by atoms with Crippen molar-refractivity contribution in [3.05, 3.63) is 59.4 Å². The molecule has 1 atom stereocenters. The van der Waals surface area contributed by atoms with Crippen LogP contribution < -0.4 is 14.8 Å². The van der Waals surface area contributed by atoms with E-state index in [2.05, 4.69) is 10.2 Å². The first-order valence-electron chi connectivity index (χ1n) is 9.80. The summed E-state index contributed by atoms with van der Waals surface area (Å²) in [5, 5.41) is 13.4. The lowest BCUT2D eigenvalue weighted by molar-refractivity contribution is 0.0747. The summed E-state index contributed by atoms with van der Waals surface area (Å²) in [6.45, 7) is 4.01. The van der Waals surface area contributed by atoms with Gasteiger partial charge in [-0.25, -0.2) is 4.39 Å². The molecule has 2 aromatic carbocycles. The highest BCUT2D eigenvalue weighted by Crippen LogP contribution is 2.28. The maximum Gasteiger partial charge on any atom is 0.161 e. The predicted octanol–water partition coefficient (Wildman–Crippen LogP) is 2.96. The lowest BCUT2D eigenvalue weighted by atomic mass is 10.1. The van der Waals surface area contributed by atoms with Crippen LogP contribution >= 0.6 is 0 Å². The minimum atomic E-state index is -0.523. The zero-order valence-corrected chi connectivity index (χ0v) is 16.4. The number of aliphatic hydroxyl groups is 1. The molecule has 2 N–H and O–H groups in total. The molecule has 28 heavy (non-hydrogen) atoms. The van der Waals surface area contributed by atoms with Gasteiger partial charge < -0.3 is 24.8 Å². The number of nitrogens with one attached hydrogen (secondary N) is 1. The number of nitrogens with zero attached hydrogens (tertiary/aromatic N) is 1. The summed E-state index contributed by atoms with van der Waals surface area (Å²) in [4.78, 5) is 2.26. The summed E-state index contributed by atoms with van der Waals surface area (Å²) in [7, 11) is 1.60. The van der Waals surface area contributed by atoms with E-state index >= 15 is 0 Å². The van der Waals surface area contributed by atoms with Crippen LogP contribution in [-0.4, -0.2) is 49.5 Å². The highest BCUT2D eigenvalue weighted by atomic mass is 19.1. The molecule has 152 valence electrons. The first kappa shape index (κ1) is 20.6. The molecule has 0 unspecified atom stereocenters. The summed E-state index contributed by atoms with van der Waals surface area (Å²) in [6.07, 6.45) is 1.88. The molecule has 0 amide bonds. The SMILES string of the molecule is COc1cc(CNCc2ccccc2F)ccc1OC[C@H](O)CN1CCCC1. The number of hydrogen-bond donors (Lipinski definition) is 2. The van der Waals surface area contributed by atoms with E-state index in [0.29, 0.717) is 36.7 Å². The van der Waals surface area contributed by atoms with Crippen molar-refractivity contribution in [2.45, 2.75) is 32.0 Å². The molecule has 5 nitrogen and oxygen atoms in total. The van der Waals surface area contributed by atoms with Gasteiger partial charge in [0.25, 0.3) is 0 Å². The third kappa shape index (κ3) is 5.92. The maximum absolute atomic E-state index is 13.7. The van der Waals surface area contributed by atoms with Crippen molar-refractivity contribution in [2.24, 2.45) is 0 Å². The number of methoxy groups -OCH3 is 1. The number of rotatable bonds is 10. The molecular formula is C22H29FN2O3. The second-order valence-corrected chi connectivity index (χ2v) is 7.15. The summed E-state index contributed by atoms with van der Waals surface area (Å²) in [5.41, 5.74) is 1.65. The van der Waals surface area contributed by atoms with Crippen LogP contribution in [0.25, 0.3) is 0 Å². The fourth-order valence-electron chi connectivity index (χ4n) is 3.43. The largest absolute Gasteiger partial charge is 0.493 e. The molecule has 1 fully saturated rings. The molecule has 1 aliphatic heterocycles. The molecule has 0 radical (unpaired) electrons. The van der Waals surface area contributed by atoms with Gasteiger partial charge in [-0.1, -0.05) is 24.3 Å². The Bertz CT molecular complexity index is 750. The molecule has 1 heterocycles. The van der Waals surface area contributed by atoms with E-state index in [9.17, 15) is 9.50 Å². The number of ether oxygens (including phenoxy) is 2. The molecule has 0 aliphatic carbocycles. The molecule has 0 saturated carbocycles. The lowest BCUT2D eigenvalue weighted by Crippen LogP contribution is -2.33. The topological polar surface area (TPSA) is 54.0 Å². The van der Waals surface area contributed by atoms with E-state index in [-0.39, 0.29) is 12.4 Å². The average molecular weight is 388 g/mol. The van der Waals surface area contributed by atoms with Crippen LogP contribution in [-0.2, 0) is 13.1 Å². The zero-order chi connectivity index (χ0) is 19.8. The minimum absolute atomic E-state index is 0.205. The fourth-order valence-corrected chi connectivity index (χ4v) is 3.43. The van der Waals surface area contributed by atoms with E-state index in [1.807, 2.05) is 24.3 Å². The third-order valence-electron chi connectivity index (χ3n) is 4.93. The number of hydrogen-bond acceptors (Lipinski definition) is 5. The normalized spacial score (nSPS) is 15.5. The number of β-amino-alcohol motifs (C(OH)–C–C–N with tert-alkyl or cyclic N) is 1. The quantitative estimate of drug-likeness (QED) is 0.655. The Labute approximate surface area is 166 Å². The highest BCUT2D eigenvalue weighted by Gasteiger charge is 2.17. The number of halogens is 1. The van der Waals surface area contributed by atoms with Gasteiger partial charge in [-0.15, -0.1) is 0 Å². The van der Waals surface area contributed by atoms with E-state index in [1.165, 1.54) is 18.9 Å². The van der Waals surface area contributed by atoms with Gasteiger partial charge in [0.15, 0.2) is 11.5 Å². The van der Waals surface area contributed by atoms with E-state index in [0.717, 1.165) is 18.7 Å². The Morgan fingerprint density at radius 2 is 1.89 bits per heavy atom. The van der Waals surface area contributed by atoms with Crippen molar-refractivity contribution in [1.29, 1.82) is 0 Å². The summed E-state index contributed by atoms with van der Waals surface area (Å²) in [5.74, 6) is 1.03. The molecule has 0 aromatic heterocycles. The van der Waals surface area contributed by atoms with Gasteiger partial charge in [-0.2, -0.15) is 0 Å². The molecule has 1 saturated heterocycles. The molecule has 0 spiro atoms. The summed E-state index contributed by atoms with van der Waals surface area (Å²) < 4.78 is 24.9. The first-order valence-corrected chi connectivity index (χ1v) is 9.80. The number of likely N-dealkylation sites (tertiary alicyclic amines) is 1. The molecule has 1 aliphatic rings. The first-order chi connectivity index (χ1) is 13.7. The van der Waals surface area contributed by atoms with Crippen molar-refractivity contribution in [1.82, 2.24) is 10.2 Å². The van der Waals surface area contributed by atoms with Crippen molar-refractivity contribution in [3.63, 3.8) is 0 Å². The lowest BCUT2D eigenvalue weighted by Gasteiger charge is -2.20. The van der Waals surface area contributed by atoms with Crippen molar-refractivity contribution in [3.8, 4) is 11.5 Å². The Kier molecular flexibility index (Phi) is 7.65. The van der Waals surface area contributed by atoms with Gasteiger partial charge in [-0.05, 0) is 49.7 Å². The third-order valence-corrected chi connectivity index (χ3v) is 4.93. The standard InChI is InChI=1S/C22H29FN2O3/c1-27-22-12-17(13-24-14-18-6-2-3-7-20(18)23)8-9-21(22)28-16-19(26)15-25-10-4-5-11-25/h2-3,6-9,12,19,24,26H,4-5,10-11,13-16H2,1H3/t19-/m1/s1. The van der Waals surface area contributed by atoms with E-state index < -0.39 is 6.10 Å². The van der Waals surface area contributed by atoms with Crippen molar-refractivity contribution < 1.29 is 19.0 Å². The molecule has 0 bridgehead atoms. The van der Waals surface area contributed by atoms with Crippen LogP contribution in [0.5, 0.6) is 11.5 Å². The zero-order valence-electron chi connectivity index (χ0n) is 16.4. The summed E-state index contributed by atoms with van der Waals surface area (Å²) >= 11 is 0. The fraction of sp³-hybridized carbons (Fsp3) is 0.455. The molecule has 3 rings (SSSR count). The summed E-state index contributed by atoms with van der Waals surface area (Å²) in [6, 6.07) is 12.4. The van der Waals surface area contributed by atoms with Gasteiger partial charge >= 0.3 is 0 Å². The van der Waals surface area contributed by atoms with Gasteiger partial charge in [0.2, 0.25) is 0 Å². The van der Waals surface area contributed by atoms with Crippen LogP contribution in [0.2, 0.25) is 0 Å². The van der Waals surface area contributed by atoms with Gasteiger partial charge in [-0.3, -0.25) is 0 Å². The van der Waals surface area contributed by atoms with Crippen LogP contribution in [0.15, 0.2) is 42.5 Å². The van der Waals surface area contributed by atoms with Crippen LogP contribution in [0.4, 0.5) is 4.39 Å². The molecule has 6 heteroatoms. The Morgan fingerprint density at radius 1 is 1.11 bits per heavy atom. The van der Waals surface area contributed by atoms with Gasteiger partial charge in [0, 0.05) is 25.2 Å². The number of aliphatic hydroxyl groups excluding tert-OH is 1. The van der Waals surface area contributed by atoms with Crippen LogP contribution in [0.1, 0.15) is 24.0 Å². The average Bonchev–Trinajstić information content (AvgIpc) is 3.21.